The van der Waals surface area contributed by atoms with Crippen LogP contribution in [0.2, 0.25) is 0 Å². The summed E-state index contributed by atoms with van der Waals surface area (Å²) in [5.41, 5.74) is 58.3. The van der Waals surface area contributed by atoms with Gasteiger partial charge < -0.3 is 23.5 Å². The van der Waals surface area contributed by atoms with Crippen molar-refractivity contribution < 1.29 is 0 Å². The zero-order valence-electron chi connectivity index (χ0n) is 83.2. The van der Waals surface area contributed by atoms with E-state index in [1.54, 1.807) is 0 Å². The number of aromatic nitrogens is 3. The summed E-state index contributed by atoms with van der Waals surface area (Å²) in [7, 11) is 0. The van der Waals surface area contributed by atoms with Crippen LogP contribution in [0.15, 0.2) is 425 Å². The third kappa shape index (κ3) is 13.9. The Morgan fingerprint density at radius 3 is 0.583 bits per heavy atom. The monoisotopic (exact) mass is 1840 g/mol. The molecule has 144 heavy (non-hydrogen) atoms. The zero-order valence-corrected chi connectivity index (χ0v) is 83.2. The van der Waals surface area contributed by atoms with E-state index in [1.807, 2.05) is 0 Å². The molecule has 0 unspecified atom stereocenters. The van der Waals surface area contributed by atoms with Crippen molar-refractivity contribution in [2.45, 2.75) is 83.1 Å². The second-order valence-corrected chi connectivity index (χ2v) is 40.4. The molecule has 0 fully saturated rings. The van der Waals surface area contributed by atoms with Gasteiger partial charge in [0.15, 0.2) is 0 Å². The van der Waals surface area contributed by atoms with Crippen LogP contribution in [0.25, 0.3) is 194 Å². The molecule has 0 spiro atoms. The fraction of sp³-hybridized carbons (Fsp3) is 0.0870. The molecule has 24 aromatic rings. The van der Waals surface area contributed by atoms with E-state index < -0.39 is 6.71 Å². The minimum atomic E-state index is -0.397. The van der Waals surface area contributed by atoms with Crippen LogP contribution in [0, 0.1) is 83.1 Å². The third-order valence-electron chi connectivity index (χ3n) is 31.6. The first-order valence-corrected chi connectivity index (χ1v) is 50.6. The van der Waals surface area contributed by atoms with Crippen LogP contribution >= 0.6 is 0 Å². The molecule has 0 saturated heterocycles. The normalized spacial score (nSPS) is 12.3. The molecule has 5 heterocycles. The SMILES string of the molecule is Cc1cccc(C)c1-c1ccc2c(c1)c1cc(-c3c(C)cccc3C)ccc1n2-c1ccc2c(c1)N(c1c(-c3ccccc3)cccc1-c1ccccc1)c1cc(-n3c4ccc(-c5c(C)cccc5C)cc4c4cc(-c5c(C)cccc5C)ccc43)cc3c1B2c1ccc(-n2c4ccc(-c5c(C)cccc5C)cc4c4cc(-c5c(C)cccc5C)ccc42)cc1N3c1c(-c2ccccc2)cccc1-c1ccccc1. The van der Waals surface area contributed by atoms with Crippen molar-refractivity contribution in [2.24, 2.45) is 0 Å². The van der Waals surface area contributed by atoms with Crippen LogP contribution in [0.5, 0.6) is 0 Å². The van der Waals surface area contributed by atoms with Crippen LogP contribution < -0.4 is 26.2 Å². The van der Waals surface area contributed by atoms with Crippen molar-refractivity contribution in [3.63, 3.8) is 0 Å². The highest BCUT2D eigenvalue weighted by Gasteiger charge is 2.47. The highest BCUT2D eigenvalue weighted by Crippen LogP contribution is 2.56. The Hall–Kier alpha value is -17.3. The van der Waals surface area contributed by atoms with E-state index in [2.05, 4.69) is 531 Å². The van der Waals surface area contributed by atoms with Crippen LogP contribution in [0.4, 0.5) is 34.1 Å². The molecule has 26 rings (SSSR count). The fourth-order valence-electron chi connectivity index (χ4n) is 25.3. The van der Waals surface area contributed by atoms with E-state index in [-0.39, 0.29) is 0 Å². The van der Waals surface area contributed by atoms with E-state index >= 15 is 0 Å². The minimum absolute atomic E-state index is 0.397. The molecular weight excluding hydrogens is 1740 g/mol. The second kappa shape index (κ2) is 34.3. The lowest BCUT2D eigenvalue weighted by molar-refractivity contribution is 1.15. The van der Waals surface area contributed by atoms with Gasteiger partial charge >= 0.3 is 0 Å². The maximum atomic E-state index is 2.75. The number of hydrogen-bond acceptors (Lipinski definition) is 2. The zero-order chi connectivity index (χ0) is 97.3. The molecule has 2 aliphatic heterocycles. The summed E-state index contributed by atoms with van der Waals surface area (Å²) >= 11 is 0. The van der Waals surface area contributed by atoms with Gasteiger partial charge in [-0.25, -0.2) is 0 Å². The summed E-state index contributed by atoms with van der Waals surface area (Å²) in [6.07, 6.45) is 0. The van der Waals surface area contributed by atoms with Crippen LogP contribution in [0.3, 0.4) is 0 Å². The van der Waals surface area contributed by atoms with E-state index in [9.17, 15) is 0 Å². The number of hydrogen-bond donors (Lipinski definition) is 0. The summed E-state index contributed by atoms with van der Waals surface area (Å²) in [5.74, 6) is 0. The van der Waals surface area contributed by atoms with Gasteiger partial charge in [-0.15, -0.1) is 0 Å². The maximum Gasteiger partial charge on any atom is 0.252 e. The predicted molar refractivity (Wildman–Crippen MR) is 615 cm³/mol. The van der Waals surface area contributed by atoms with Crippen LogP contribution in [0.1, 0.15) is 66.8 Å². The lowest BCUT2D eigenvalue weighted by atomic mass is 9.33. The molecule has 6 heteroatoms. The van der Waals surface area contributed by atoms with E-state index in [4.69, 9.17) is 0 Å². The first kappa shape index (κ1) is 87.0. The van der Waals surface area contributed by atoms with Crippen molar-refractivity contribution in [2.75, 3.05) is 9.80 Å². The number of para-hydroxylation sites is 2. The molecule has 0 bridgehead atoms. The average Bonchev–Trinajstić information content (AvgIpc) is 1.13. The quantitative estimate of drug-likeness (QED) is 0.0954. The minimum Gasteiger partial charge on any atom is -0.310 e. The Balaban J connectivity index is 0.838. The van der Waals surface area contributed by atoms with Crippen molar-refractivity contribution in [3.05, 3.63) is 491 Å². The molecule has 21 aromatic carbocycles. The van der Waals surface area contributed by atoms with E-state index in [0.717, 1.165) is 129 Å². The standard InChI is InChI=1S/C138H106BN5/c1-83-33-25-34-84(2)130(83)99-57-67-120-112(73-99)113-74-100(131-85(3)35-26-36-86(131)4)58-68-121(113)140(120)105-63-65-118-126(79-105)143(137-108(95-45-17-13-18-46-95)53-31-54-109(137)96-47-19-14-20-48-96)128-81-107(142-124-71-61-103(134-91(9)41-29-42-92(134)10)77-116(124)117-78-104(62-72-125(117)142)135-93(11)43-30-44-94(135)12)82-129-136(128)139(118)119-66-64-106(80-127(119)144(129)138-110(97-49-21-15-22-50-97)55-32-56-111(138)98-51-23-16-24-52-98)141-122-69-59-101(132-87(5)37-27-38-88(132)6)75-114(122)115-76-102(60-70-123(115)141)133-89(7)39-28-40-90(133)8/h13-82H,1-12H3. The van der Waals surface area contributed by atoms with Gasteiger partial charge in [-0.3, -0.25) is 0 Å². The second-order valence-electron chi connectivity index (χ2n) is 40.4. The van der Waals surface area contributed by atoms with Crippen molar-refractivity contribution in [3.8, 4) is 128 Å². The van der Waals surface area contributed by atoms with Crippen LogP contribution in [-0.2, 0) is 0 Å². The van der Waals surface area contributed by atoms with Gasteiger partial charge in [-0.05, 0) is 364 Å². The van der Waals surface area contributed by atoms with Gasteiger partial charge in [-0.1, -0.05) is 315 Å². The van der Waals surface area contributed by atoms with Gasteiger partial charge in [0, 0.05) is 88.7 Å². The average molecular weight is 1850 g/mol. The third-order valence-corrected chi connectivity index (χ3v) is 31.6. The van der Waals surface area contributed by atoms with E-state index in [0.29, 0.717) is 0 Å². The number of anilines is 6. The Morgan fingerprint density at radius 2 is 0.361 bits per heavy atom. The molecule has 0 aliphatic carbocycles. The highest BCUT2D eigenvalue weighted by atomic mass is 15.2. The maximum absolute atomic E-state index is 2.75. The number of benzene rings is 21. The number of aryl methyl sites for hydroxylation is 12. The van der Waals surface area contributed by atoms with Gasteiger partial charge in [0.05, 0.1) is 50.2 Å². The number of fused-ring (bicyclic) bond motifs is 13. The Bertz CT molecular complexity index is 8480. The summed E-state index contributed by atoms with van der Waals surface area (Å²) in [5, 5.41) is 7.11. The first-order chi connectivity index (χ1) is 70.4. The van der Waals surface area contributed by atoms with Gasteiger partial charge in [0.25, 0.3) is 6.71 Å². The Labute approximate surface area is 842 Å². The van der Waals surface area contributed by atoms with Crippen molar-refractivity contribution in [1.29, 1.82) is 0 Å². The smallest absolute Gasteiger partial charge is 0.252 e. The summed E-state index contributed by atoms with van der Waals surface area (Å²) < 4.78 is 7.79. The van der Waals surface area contributed by atoms with Gasteiger partial charge in [-0.2, -0.15) is 0 Å². The largest absolute Gasteiger partial charge is 0.310 e. The Morgan fingerprint density at radius 1 is 0.160 bits per heavy atom. The number of nitrogens with zero attached hydrogens (tertiary/aromatic N) is 5. The molecular formula is C138H106BN5. The van der Waals surface area contributed by atoms with Gasteiger partial charge in [0.2, 0.25) is 0 Å². The summed E-state index contributed by atoms with van der Waals surface area (Å²) in [4.78, 5) is 5.49. The van der Waals surface area contributed by atoms with Crippen molar-refractivity contribution >= 4 is 123 Å². The molecule has 2 aliphatic rings. The lowest BCUT2D eigenvalue weighted by Crippen LogP contribution is -2.61. The lowest BCUT2D eigenvalue weighted by Gasteiger charge is -2.46. The Kier molecular flexibility index (Phi) is 20.7. The highest BCUT2D eigenvalue weighted by molar-refractivity contribution is 7.00. The molecule has 0 radical (unpaired) electrons. The van der Waals surface area contributed by atoms with Crippen LogP contribution in [-0.4, -0.2) is 20.4 Å². The molecule has 0 amide bonds. The molecule has 686 valence electrons. The molecule has 0 N–H and O–H groups in total. The molecule has 0 atom stereocenters. The topological polar surface area (TPSA) is 21.3 Å². The fourth-order valence-corrected chi connectivity index (χ4v) is 25.3. The predicted octanol–water partition coefficient (Wildman–Crippen LogP) is 35.4. The first-order valence-electron chi connectivity index (χ1n) is 50.6. The molecule has 5 nitrogen and oxygen atoms in total. The summed E-state index contributed by atoms with van der Waals surface area (Å²) in [6, 6.07) is 163. The van der Waals surface area contributed by atoms with E-state index in [1.165, 1.54) is 182 Å². The van der Waals surface area contributed by atoms with Crippen molar-refractivity contribution in [1.82, 2.24) is 13.7 Å². The molecule has 0 saturated carbocycles. The van der Waals surface area contributed by atoms with Gasteiger partial charge in [0.1, 0.15) is 0 Å². The number of rotatable bonds is 15. The summed E-state index contributed by atoms with van der Waals surface area (Å²) in [6.45, 7) is 26.7. The molecule has 3 aromatic heterocycles.